The molecular formula is C13H24N2O2. The Balaban J connectivity index is 2.68. The number of hydrogen-bond acceptors (Lipinski definition) is 3. The van der Waals surface area contributed by atoms with Crippen LogP contribution in [-0.2, 0) is 18.2 Å². The number of aliphatic hydroxyl groups is 1. The van der Waals surface area contributed by atoms with Crippen LogP contribution < -0.4 is 0 Å². The molecule has 0 fully saturated rings. The van der Waals surface area contributed by atoms with Crippen LogP contribution in [0.1, 0.15) is 33.4 Å². The summed E-state index contributed by atoms with van der Waals surface area (Å²) in [6.07, 6.45) is 1.72. The summed E-state index contributed by atoms with van der Waals surface area (Å²) in [7, 11) is 1.87. The molecule has 0 radical (unpaired) electrons. The van der Waals surface area contributed by atoms with Crippen molar-refractivity contribution in [1.82, 2.24) is 9.78 Å². The van der Waals surface area contributed by atoms with Gasteiger partial charge < -0.3 is 9.84 Å². The number of aryl methyl sites for hydroxylation is 1. The minimum absolute atomic E-state index is 0.0792. The summed E-state index contributed by atoms with van der Waals surface area (Å²) in [5.74, 6) is 0. The first-order valence-electron chi connectivity index (χ1n) is 6.12. The fourth-order valence-electron chi connectivity index (χ4n) is 2.01. The second-order valence-electron chi connectivity index (χ2n) is 5.49. The van der Waals surface area contributed by atoms with Gasteiger partial charge in [-0.25, -0.2) is 0 Å². The Labute approximate surface area is 104 Å². The number of aromatic nitrogens is 2. The van der Waals surface area contributed by atoms with Crippen LogP contribution in [-0.4, -0.2) is 33.7 Å². The lowest BCUT2D eigenvalue weighted by molar-refractivity contribution is -0.0876. The maximum absolute atomic E-state index is 10.3. The van der Waals surface area contributed by atoms with Crippen LogP contribution in [0.15, 0.2) is 12.3 Å². The fraction of sp³-hybridized carbons (Fsp3) is 0.769. The van der Waals surface area contributed by atoms with Crippen LogP contribution >= 0.6 is 0 Å². The molecular weight excluding hydrogens is 216 g/mol. The molecule has 0 bridgehead atoms. The Morgan fingerprint density at radius 3 is 2.53 bits per heavy atom. The molecule has 0 spiro atoms. The normalized spacial score (nSPS) is 15.9. The molecule has 4 nitrogen and oxygen atoms in total. The van der Waals surface area contributed by atoms with Crippen LogP contribution in [0.2, 0.25) is 0 Å². The van der Waals surface area contributed by atoms with E-state index in [1.165, 1.54) is 0 Å². The molecule has 2 atom stereocenters. The van der Waals surface area contributed by atoms with Crippen LogP contribution in [0.3, 0.4) is 0 Å². The zero-order chi connectivity index (χ0) is 13.1. The number of nitrogens with zero attached hydrogens (tertiary/aromatic N) is 2. The standard InChI is InChI=1S/C13H24N2O2/c1-6-17-12(13(2,3)4)11(16)9-10-7-8-15(5)14-10/h7-8,11-12,16H,6,9H2,1-5H3. The van der Waals surface area contributed by atoms with Crippen LogP contribution in [0.4, 0.5) is 0 Å². The Morgan fingerprint density at radius 2 is 2.12 bits per heavy atom. The minimum Gasteiger partial charge on any atom is -0.390 e. The molecule has 4 heteroatoms. The molecule has 0 amide bonds. The molecule has 98 valence electrons. The molecule has 1 N–H and O–H groups in total. The molecule has 0 aromatic carbocycles. The largest absolute Gasteiger partial charge is 0.390 e. The predicted octanol–water partition coefficient (Wildman–Crippen LogP) is 1.77. The number of hydrogen-bond donors (Lipinski definition) is 1. The highest BCUT2D eigenvalue weighted by molar-refractivity contribution is 5.02. The first-order chi connectivity index (χ1) is 7.84. The minimum atomic E-state index is -0.523. The van der Waals surface area contributed by atoms with Crippen molar-refractivity contribution in [2.45, 2.75) is 46.3 Å². The summed E-state index contributed by atoms with van der Waals surface area (Å²) < 4.78 is 7.41. The van der Waals surface area contributed by atoms with Gasteiger partial charge in [0.2, 0.25) is 0 Å². The molecule has 0 aliphatic heterocycles. The summed E-state index contributed by atoms with van der Waals surface area (Å²) >= 11 is 0. The van der Waals surface area contributed by atoms with Crippen molar-refractivity contribution in [2.75, 3.05) is 6.61 Å². The van der Waals surface area contributed by atoms with Gasteiger partial charge in [-0.15, -0.1) is 0 Å². The lowest BCUT2D eigenvalue weighted by Crippen LogP contribution is -2.41. The van der Waals surface area contributed by atoms with E-state index < -0.39 is 6.10 Å². The van der Waals surface area contributed by atoms with Gasteiger partial charge in [0.15, 0.2) is 0 Å². The molecule has 0 saturated carbocycles. The van der Waals surface area contributed by atoms with E-state index in [0.29, 0.717) is 13.0 Å². The summed E-state index contributed by atoms with van der Waals surface area (Å²) in [5.41, 5.74) is 0.818. The van der Waals surface area contributed by atoms with Gasteiger partial charge in [-0.3, -0.25) is 4.68 Å². The molecule has 1 heterocycles. The van der Waals surface area contributed by atoms with Gasteiger partial charge in [-0.05, 0) is 18.4 Å². The van der Waals surface area contributed by atoms with E-state index in [1.807, 2.05) is 26.2 Å². The molecule has 2 unspecified atom stereocenters. The van der Waals surface area contributed by atoms with Gasteiger partial charge in [0.25, 0.3) is 0 Å². The summed E-state index contributed by atoms with van der Waals surface area (Å²) in [6, 6.07) is 1.93. The molecule has 0 saturated heterocycles. The first-order valence-corrected chi connectivity index (χ1v) is 6.12. The van der Waals surface area contributed by atoms with Crippen LogP contribution in [0, 0.1) is 5.41 Å². The maximum Gasteiger partial charge on any atom is 0.0885 e. The van der Waals surface area contributed by atoms with E-state index in [2.05, 4.69) is 25.9 Å². The van der Waals surface area contributed by atoms with E-state index in [9.17, 15) is 5.11 Å². The molecule has 0 aliphatic rings. The van der Waals surface area contributed by atoms with Crippen molar-refractivity contribution in [1.29, 1.82) is 0 Å². The highest BCUT2D eigenvalue weighted by Crippen LogP contribution is 2.26. The third kappa shape index (κ3) is 4.13. The van der Waals surface area contributed by atoms with E-state index in [1.54, 1.807) is 4.68 Å². The van der Waals surface area contributed by atoms with Crippen molar-refractivity contribution in [2.24, 2.45) is 12.5 Å². The summed E-state index contributed by atoms with van der Waals surface area (Å²) in [6.45, 7) is 8.80. The van der Waals surface area contributed by atoms with Gasteiger partial charge >= 0.3 is 0 Å². The maximum atomic E-state index is 10.3. The molecule has 0 aliphatic carbocycles. The lowest BCUT2D eigenvalue weighted by Gasteiger charge is -2.33. The summed E-state index contributed by atoms with van der Waals surface area (Å²) in [4.78, 5) is 0. The monoisotopic (exact) mass is 240 g/mol. The molecule has 1 aromatic heterocycles. The Morgan fingerprint density at radius 1 is 1.47 bits per heavy atom. The van der Waals surface area contributed by atoms with Gasteiger partial charge in [0, 0.05) is 26.3 Å². The van der Waals surface area contributed by atoms with Crippen molar-refractivity contribution in [3.8, 4) is 0 Å². The van der Waals surface area contributed by atoms with Gasteiger partial charge in [-0.1, -0.05) is 20.8 Å². The zero-order valence-corrected chi connectivity index (χ0v) is 11.5. The Kier molecular flexibility index (Phi) is 4.71. The van der Waals surface area contributed by atoms with E-state index in [4.69, 9.17) is 4.74 Å². The van der Waals surface area contributed by atoms with E-state index in [-0.39, 0.29) is 11.5 Å². The average Bonchev–Trinajstić information content (AvgIpc) is 2.58. The Hall–Kier alpha value is -0.870. The van der Waals surface area contributed by atoms with Crippen LogP contribution in [0.25, 0.3) is 0 Å². The SMILES string of the molecule is CCOC(C(O)Cc1ccn(C)n1)C(C)(C)C. The highest BCUT2D eigenvalue weighted by Gasteiger charge is 2.32. The van der Waals surface area contributed by atoms with E-state index >= 15 is 0 Å². The van der Waals surface area contributed by atoms with Gasteiger partial charge in [0.05, 0.1) is 17.9 Å². The predicted molar refractivity (Wildman–Crippen MR) is 67.8 cm³/mol. The van der Waals surface area contributed by atoms with Crippen molar-refractivity contribution >= 4 is 0 Å². The van der Waals surface area contributed by atoms with Crippen molar-refractivity contribution < 1.29 is 9.84 Å². The number of rotatable bonds is 5. The molecule has 1 aromatic rings. The smallest absolute Gasteiger partial charge is 0.0885 e. The second-order valence-corrected chi connectivity index (χ2v) is 5.49. The van der Waals surface area contributed by atoms with Crippen LogP contribution in [0.5, 0.6) is 0 Å². The fourth-order valence-corrected chi connectivity index (χ4v) is 2.01. The van der Waals surface area contributed by atoms with Gasteiger partial charge in [-0.2, -0.15) is 5.10 Å². The second kappa shape index (κ2) is 5.65. The number of aliphatic hydroxyl groups excluding tert-OH is 1. The van der Waals surface area contributed by atoms with Gasteiger partial charge in [0.1, 0.15) is 0 Å². The zero-order valence-electron chi connectivity index (χ0n) is 11.5. The van der Waals surface area contributed by atoms with Crippen molar-refractivity contribution in [3.63, 3.8) is 0 Å². The number of ether oxygens (including phenoxy) is 1. The lowest BCUT2D eigenvalue weighted by atomic mass is 9.84. The third-order valence-electron chi connectivity index (χ3n) is 2.74. The quantitative estimate of drug-likeness (QED) is 0.853. The first kappa shape index (κ1) is 14.2. The topological polar surface area (TPSA) is 47.3 Å². The molecule has 1 rings (SSSR count). The van der Waals surface area contributed by atoms with Crippen molar-refractivity contribution in [3.05, 3.63) is 18.0 Å². The molecule has 17 heavy (non-hydrogen) atoms. The Bertz CT molecular complexity index is 341. The summed E-state index contributed by atoms with van der Waals surface area (Å²) in [5, 5.41) is 14.5. The third-order valence-corrected chi connectivity index (χ3v) is 2.74. The average molecular weight is 240 g/mol. The van der Waals surface area contributed by atoms with E-state index in [0.717, 1.165) is 5.69 Å². The highest BCUT2D eigenvalue weighted by atomic mass is 16.5.